The summed E-state index contributed by atoms with van der Waals surface area (Å²) in [6.07, 6.45) is 0.952. The molecule has 0 aliphatic heterocycles. The van der Waals surface area contributed by atoms with Crippen molar-refractivity contribution in [3.8, 4) is 5.75 Å². The van der Waals surface area contributed by atoms with Crippen LogP contribution in [0.15, 0.2) is 38.8 Å². The van der Waals surface area contributed by atoms with Crippen LogP contribution in [0.3, 0.4) is 0 Å². The summed E-state index contributed by atoms with van der Waals surface area (Å²) in [7, 11) is 0. The highest BCUT2D eigenvalue weighted by Gasteiger charge is 1.96. The van der Waals surface area contributed by atoms with Gasteiger partial charge in [-0.25, -0.2) is 0 Å². The summed E-state index contributed by atoms with van der Waals surface area (Å²) in [6, 6.07) is 7.88. The second-order valence-electron chi connectivity index (χ2n) is 3.37. The van der Waals surface area contributed by atoms with Gasteiger partial charge in [-0.1, -0.05) is 37.4 Å². The van der Waals surface area contributed by atoms with Gasteiger partial charge in [0.05, 0.1) is 6.61 Å². The van der Waals surface area contributed by atoms with Crippen LogP contribution in [0.25, 0.3) is 0 Å². The number of allylic oxidation sites excluding steroid dienone is 1. The molecule has 1 aromatic rings. The van der Waals surface area contributed by atoms with E-state index in [4.69, 9.17) is 4.74 Å². The fourth-order valence-corrected chi connectivity index (χ4v) is 1.49. The van der Waals surface area contributed by atoms with Crippen LogP contribution in [-0.4, -0.2) is 6.61 Å². The first kappa shape index (κ1) is 12.8. The third kappa shape index (κ3) is 4.85. The summed E-state index contributed by atoms with van der Waals surface area (Å²) in [5, 5.41) is 0. The fraction of sp³-hybridized carbons (Fsp3) is 0.333. The maximum Gasteiger partial charge on any atom is 0.119 e. The van der Waals surface area contributed by atoms with Gasteiger partial charge in [-0.2, -0.15) is 0 Å². The van der Waals surface area contributed by atoms with E-state index in [2.05, 4.69) is 45.7 Å². The van der Waals surface area contributed by atoms with Crippen molar-refractivity contribution < 1.29 is 4.74 Å². The monoisotopic (exact) mass is 332 g/mol. The molecule has 0 heterocycles. The van der Waals surface area contributed by atoms with Crippen LogP contribution in [-0.2, 0) is 0 Å². The lowest BCUT2D eigenvalue weighted by Gasteiger charge is -2.06. The molecule has 0 aliphatic rings. The zero-order valence-electron chi connectivity index (χ0n) is 8.89. The zero-order chi connectivity index (χ0) is 11.3. The van der Waals surface area contributed by atoms with Crippen LogP contribution < -0.4 is 4.74 Å². The Kier molecular flexibility index (Phi) is 5.40. The average Bonchev–Trinajstić information content (AvgIpc) is 2.20. The largest absolute Gasteiger partial charge is 0.493 e. The van der Waals surface area contributed by atoms with Crippen molar-refractivity contribution in [2.24, 2.45) is 0 Å². The Labute approximate surface area is 108 Å². The Bertz CT molecular complexity index is 337. The molecule has 0 unspecified atom stereocenters. The third-order valence-electron chi connectivity index (χ3n) is 2.15. The summed E-state index contributed by atoms with van der Waals surface area (Å²) in [5.41, 5.74) is 1.33. The minimum Gasteiger partial charge on any atom is -0.493 e. The van der Waals surface area contributed by atoms with E-state index in [1.807, 2.05) is 24.3 Å². The molecule has 0 aliphatic carbocycles. The van der Waals surface area contributed by atoms with Crippen LogP contribution in [0.1, 0.15) is 20.3 Å². The molecule has 0 saturated carbocycles. The Morgan fingerprint density at radius 3 is 2.33 bits per heavy atom. The number of hydrogen-bond donors (Lipinski definition) is 0. The van der Waals surface area contributed by atoms with Crippen molar-refractivity contribution in [2.75, 3.05) is 6.61 Å². The average molecular weight is 334 g/mol. The maximum atomic E-state index is 5.61. The lowest BCUT2D eigenvalue weighted by molar-refractivity contribution is 0.321. The quantitative estimate of drug-likeness (QED) is 0.761. The van der Waals surface area contributed by atoms with Crippen molar-refractivity contribution >= 4 is 31.9 Å². The Balaban J connectivity index is 2.38. The Morgan fingerprint density at radius 2 is 1.80 bits per heavy atom. The fourth-order valence-electron chi connectivity index (χ4n) is 1.03. The SMILES string of the molecule is CC(Br)=C(C)CCOc1ccc(Br)cc1. The number of halogens is 2. The van der Waals surface area contributed by atoms with Crippen LogP contribution in [0.4, 0.5) is 0 Å². The van der Waals surface area contributed by atoms with Gasteiger partial charge in [-0.15, -0.1) is 0 Å². The van der Waals surface area contributed by atoms with Crippen molar-refractivity contribution in [2.45, 2.75) is 20.3 Å². The normalized spacial score (nSPS) is 12.3. The van der Waals surface area contributed by atoms with E-state index in [9.17, 15) is 0 Å². The molecule has 1 nitrogen and oxygen atoms in total. The van der Waals surface area contributed by atoms with Crippen molar-refractivity contribution in [3.63, 3.8) is 0 Å². The summed E-state index contributed by atoms with van der Waals surface area (Å²) in [4.78, 5) is 0. The topological polar surface area (TPSA) is 9.23 Å². The molecule has 0 spiro atoms. The van der Waals surface area contributed by atoms with E-state index in [0.717, 1.165) is 23.2 Å². The van der Waals surface area contributed by atoms with Crippen LogP contribution in [0.5, 0.6) is 5.75 Å². The number of benzene rings is 1. The van der Waals surface area contributed by atoms with E-state index < -0.39 is 0 Å². The minimum atomic E-state index is 0.719. The van der Waals surface area contributed by atoms with Gasteiger partial charge in [0.2, 0.25) is 0 Å². The maximum absolute atomic E-state index is 5.61. The van der Waals surface area contributed by atoms with Gasteiger partial charge in [-0.05, 0) is 42.6 Å². The van der Waals surface area contributed by atoms with Crippen LogP contribution in [0, 0.1) is 0 Å². The lowest BCUT2D eigenvalue weighted by Crippen LogP contribution is -1.98. The van der Waals surface area contributed by atoms with E-state index in [0.29, 0.717) is 0 Å². The van der Waals surface area contributed by atoms with Gasteiger partial charge in [0.15, 0.2) is 0 Å². The summed E-state index contributed by atoms with van der Waals surface area (Å²) in [5.74, 6) is 0.915. The molecule has 1 aromatic carbocycles. The third-order valence-corrected chi connectivity index (χ3v) is 3.35. The van der Waals surface area contributed by atoms with Gasteiger partial charge < -0.3 is 4.74 Å². The first-order valence-corrected chi connectivity index (χ1v) is 6.38. The van der Waals surface area contributed by atoms with Gasteiger partial charge in [0.1, 0.15) is 5.75 Å². The predicted molar refractivity (Wildman–Crippen MR) is 71.6 cm³/mol. The highest BCUT2D eigenvalue weighted by molar-refractivity contribution is 9.11. The van der Waals surface area contributed by atoms with E-state index in [-0.39, 0.29) is 0 Å². The van der Waals surface area contributed by atoms with Crippen LogP contribution in [0.2, 0.25) is 0 Å². The van der Waals surface area contributed by atoms with E-state index in [1.54, 1.807) is 0 Å². The van der Waals surface area contributed by atoms with Gasteiger partial charge in [-0.3, -0.25) is 0 Å². The molecule has 0 radical (unpaired) electrons. The summed E-state index contributed by atoms with van der Waals surface area (Å²) < 4.78 is 7.87. The van der Waals surface area contributed by atoms with Gasteiger partial charge in [0.25, 0.3) is 0 Å². The Morgan fingerprint density at radius 1 is 1.20 bits per heavy atom. The van der Waals surface area contributed by atoms with E-state index in [1.165, 1.54) is 10.1 Å². The highest BCUT2D eigenvalue weighted by atomic mass is 79.9. The molecule has 0 atom stereocenters. The molecule has 0 bridgehead atoms. The predicted octanol–water partition coefficient (Wildman–Crippen LogP) is 4.91. The van der Waals surface area contributed by atoms with Crippen molar-refractivity contribution in [3.05, 3.63) is 38.8 Å². The smallest absolute Gasteiger partial charge is 0.119 e. The molecular weight excluding hydrogens is 320 g/mol. The number of rotatable bonds is 4. The number of ether oxygens (including phenoxy) is 1. The zero-order valence-corrected chi connectivity index (χ0v) is 12.1. The molecule has 0 saturated heterocycles. The molecule has 1 rings (SSSR count). The standard InChI is InChI=1S/C12H14Br2O/c1-9(10(2)13)7-8-15-12-5-3-11(14)4-6-12/h3-6H,7-8H2,1-2H3. The highest BCUT2D eigenvalue weighted by Crippen LogP contribution is 2.18. The minimum absolute atomic E-state index is 0.719. The molecule has 0 fully saturated rings. The second-order valence-corrected chi connectivity index (χ2v) is 5.47. The molecule has 82 valence electrons. The van der Waals surface area contributed by atoms with Gasteiger partial charge in [0, 0.05) is 10.9 Å². The van der Waals surface area contributed by atoms with E-state index >= 15 is 0 Å². The summed E-state index contributed by atoms with van der Waals surface area (Å²) in [6.45, 7) is 4.88. The number of hydrogen-bond acceptors (Lipinski definition) is 1. The molecule has 0 aromatic heterocycles. The first-order valence-electron chi connectivity index (χ1n) is 4.80. The lowest BCUT2D eigenvalue weighted by atomic mass is 10.2. The van der Waals surface area contributed by atoms with Crippen molar-refractivity contribution in [1.29, 1.82) is 0 Å². The molecule has 0 N–H and O–H groups in total. The van der Waals surface area contributed by atoms with Gasteiger partial charge >= 0.3 is 0 Å². The molecule has 0 amide bonds. The molecule has 15 heavy (non-hydrogen) atoms. The first-order chi connectivity index (χ1) is 7.09. The summed E-state index contributed by atoms with van der Waals surface area (Å²) >= 11 is 6.84. The second kappa shape index (κ2) is 6.33. The molecular formula is C12H14Br2O. The Hall–Kier alpha value is -0.280. The van der Waals surface area contributed by atoms with Crippen LogP contribution >= 0.6 is 31.9 Å². The molecule has 3 heteroatoms. The van der Waals surface area contributed by atoms with Crippen molar-refractivity contribution in [1.82, 2.24) is 0 Å².